The van der Waals surface area contributed by atoms with Crippen molar-refractivity contribution in [1.29, 1.82) is 0 Å². The Labute approximate surface area is 123 Å². The van der Waals surface area contributed by atoms with Gasteiger partial charge in [0, 0.05) is 40.3 Å². The first kappa shape index (κ1) is 13.6. The Hall–Kier alpha value is -0.420. The number of aryl methyl sites for hydroxylation is 1. The molecule has 0 amide bonds. The minimum Gasteiger partial charge on any atom is -0.369 e. The van der Waals surface area contributed by atoms with Crippen LogP contribution >= 0.6 is 23.5 Å². The molecule has 104 valence electrons. The monoisotopic (exact) mass is 295 g/mol. The van der Waals surface area contributed by atoms with E-state index in [2.05, 4.69) is 38.8 Å². The second-order valence-electron chi connectivity index (χ2n) is 5.16. The Bertz CT molecular complexity index is 419. The third-order valence-corrected chi connectivity index (χ3v) is 6.60. The highest BCUT2D eigenvalue weighted by atomic mass is 32.2. The molecule has 0 spiro atoms. The fourth-order valence-electron chi connectivity index (χ4n) is 2.72. The largest absolute Gasteiger partial charge is 0.369 e. The Morgan fingerprint density at radius 1 is 1.16 bits per heavy atom. The summed E-state index contributed by atoms with van der Waals surface area (Å²) >= 11 is 4.17. The van der Waals surface area contributed by atoms with Gasteiger partial charge in [0.1, 0.15) is 12.1 Å². The third kappa shape index (κ3) is 3.57. The summed E-state index contributed by atoms with van der Waals surface area (Å²) in [5.41, 5.74) is 2.66. The van der Waals surface area contributed by atoms with Crippen molar-refractivity contribution in [3.8, 4) is 0 Å². The Kier molecular flexibility index (Phi) is 4.88. The molecular formula is C14H21N3S2. The first-order valence-corrected chi connectivity index (χ1v) is 9.40. The van der Waals surface area contributed by atoms with Crippen LogP contribution in [0.2, 0.25) is 0 Å². The summed E-state index contributed by atoms with van der Waals surface area (Å²) in [6.07, 6.45) is 7.88. The normalized spacial score (nSPS) is 23.5. The van der Waals surface area contributed by atoms with Crippen LogP contribution in [-0.2, 0) is 12.8 Å². The zero-order valence-corrected chi connectivity index (χ0v) is 12.9. The van der Waals surface area contributed by atoms with Crippen LogP contribution in [0.1, 0.15) is 30.5 Å². The molecule has 1 unspecified atom stereocenters. The number of thioether (sulfide) groups is 2. The molecule has 3 rings (SSSR count). The molecule has 2 heterocycles. The predicted molar refractivity (Wildman–Crippen MR) is 85.4 cm³/mol. The van der Waals surface area contributed by atoms with Crippen LogP contribution in [0.3, 0.4) is 0 Å². The van der Waals surface area contributed by atoms with Crippen LogP contribution < -0.4 is 5.32 Å². The highest BCUT2D eigenvalue weighted by Gasteiger charge is 2.17. The van der Waals surface area contributed by atoms with Crippen LogP contribution in [0.15, 0.2) is 6.33 Å². The van der Waals surface area contributed by atoms with E-state index in [4.69, 9.17) is 0 Å². The number of fused-ring (bicyclic) bond motifs is 1. The van der Waals surface area contributed by atoms with Gasteiger partial charge in [-0.3, -0.25) is 0 Å². The molecule has 1 atom stereocenters. The summed E-state index contributed by atoms with van der Waals surface area (Å²) in [6.45, 7) is 1.04. The lowest BCUT2D eigenvalue weighted by Gasteiger charge is -2.22. The van der Waals surface area contributed by atoms with Crippen LogP contribution in [0.4, 0.5) is 5.82 Å². The molecule has 1 aromatic heterocycles. The number of hydrogen-bond acceptors (Lipinski definition) is 5. The van der Waals surface area contributed by atoms with E-state index in [9.17, 15) is 0 Å². The van der Waals surface area contributed by atoms with Crippen molar-refractivity contribution in [2.75, 3.05) is 29.1 Å². The van der Waals surface area contributed by atoms with Crippen molar-refractivity contribution < 1.29 is 0 Å². The van der Waals surface area contributed by atoms with E-state index in [1.807, 2.05) is 0 Å². The molecule has 19 heavy (non-hydrogen) atoms. The summed E-state index contributed by atoms with van der Waals surface area (Å²) in [5.74, 6) is 4.97. The summed E-state index contributed by atoms with van der Waals surface area (Å²) in [6, 6.07) is 0. The lowest BCUT2D eigenvalue weighted by Crippen LogP contribution is -2.24. The molecule has 2 aliphatic rings. The molecule has 0 radical (unpaired) electrons. The van der Waals surface area contributed by atoms with Gasteiger partial charge in [0.25, 0.3) is 0 Å². The van der Waals surface area contributed by atoms with E-state index in [1.54, 1.807) is 6.33 Å². The van der Waals surface area contributed by atoms with E-state index < -0.39 is 0 Å². The molecule has 1 N–H and O–H groups in total. The highest BCUT2D eigenvalue weighted by Crippen LogP contribution is 2.26. The van der Waals surface area contributed by atoms with Gasteiger partial charge in [-0.25, -0.2) is 9.97 Å². The average Bonchev–Trinajstić information content (AvgIpc) is 2.72. The second-order valence-corrected chi connectivity index (χ2v) is 7.71. The van der Waals surface area contributed by atoms with Gasteiger partial charge in [-0.1, -0.05) is 6.42 Å². The number of nitrogens with zero attached hydrogens (tertiary/aromatic N) is 2. The lowest BCUT2D eigenvalue weighted by atomic mass is 10.1. The number of rotatable bonds is 3. The van der Waals surface area contributed by atoms with E-state index in [-0.39, 0.29) is 0 Å². The summed E-state index contributed by atoms with van der Waals surface area (Å²) in [7, 11) is 0. The summed E-state index contributed by atoms with van der Waals surface area (Å²) < 4.78 is 0. The molecule has 1 aromatic rings. The van der Waals surface area contributed by atoms with Crippen molar-refractivity contribution in [2.24, 2.45) is 0 Å². The van der Waals surface area contributed by atoms with Gasteiger partial charge in [-0.05, 0) is 25.7 Å². The van der Waals surface area contributed by atoms with Crippen LogP contribution in [0.25, 0.3) is 0 Å². The van der Waals surface area contributed by atoms with Crippen molar-refractivity contribution in [3.05, 3.63) is 17.6 Å². The minimum atomic E-state index is 0.732. The quantitative estimate of drug-likeness (QED) is 0.868. The molecule has 0 saturated carbocycles. The van der Waals surface area contributed by atoms with E-state index in [1.165, 1.54) is 47.8 Å². The van der Waals surface area contributed by atoms with Crippen LogP contribution in [0, 0.1) is 0 Å². The third-order valence-electron chi connectivity index (χ3n) is 3.76. The van der Waals surface area contributed by atoms with Gasteiger partial charge >= 0.3 is 0 Å². The smallest absolute Gasteiger partial charge is 0.132 e. The SMILES string of the molecule is c1nc2c(c(NCC3CSCCS3)n1)CCCCC2. The Morgan fingerprint density at radius 2 is 2.11 bits per heavy atom. The second kappa shape index (κ2) is 6.84. The van der Waals surface area contributed by atoms with E-state index >= 15 is 0 Å². The molecule has 1 aliphatic heterocycles. The van der Waals surface area contributed by atoms with Gasteiger partial charge in [0.05, 0.1) is 0 Å². The fourth-order valence-corrected chi connectivity index (χ4v) is 5.33. The number of hydrogen-bond donors (Lipinski definition) is 1. The lowest BCUT2D eigenvalue weighted by molar-refractivity contribution is 0.708. The molecule has 5 heteroatoms. The van der Waals surface area contributed by atoms with Crippen molar-refractivity contribution in [1.82, 2.24) is 9.97 Å². The first-order valence-electron chi connectivity index (χ1n) is 7.19. The average molecular weight is 295 g/mol. The van der Waals surface area contributed by atoms with Crippen molar-refractivity contribution in [2.45, 2.75) is 37.4 Å². The van der Waals surface area contributed by atoms with Gasteiger partial charge in [0.15, 0.2) is 0 Å². The minimum absolute atomic E-state index is 0.732. The summed E-state index contributed by atoms with van der Waals surface area (Å²) in [4.78, 5) is 8.95. The maximum absolute atomic E-state index is 4.48. The van der Waals surface area contributed by atoms with E-state index in [0.717, 1.165) is 30.5 Å². The Morgan fingerprint density at radius 3 is 3.00 bits per heavy atom. The standard InChI is InChI=1S/C14H21N3S2/c1-2-4-12-13(5-3-1)16-10-17-14(12)15-8-11-9-18-6-7-19-11/h10-11H,1-9H2,(H,15,16,17). The first-order chi connectivity index (χ1) is 9.43. The van der Waals surface area contributed by atoms with Gasteiger partial charge in [-0.2, -0.15) is 23.5 Å². The van der Waals surface area contributed by atoms with E-state index in [0.29, 0.717) is 0 Å². The summed E-state index contributed by atoms with van der Waals surface area (Å²) in [5, 5.41) is 4.32. The van der Waals surface area contributed by atoms with Crippen LogP contribution in [-0.4, -0.2) is 39.0 Å². The maximum Gasteiger partial charge on any atom is 0.132 e. The number of anilines is 1. The molecule has 1 saturated heterocycles. The zero-order valence-electron chi connectivity index (χ0n) is 11.2. The highest BCUT2D eigenvalue weighted by molar-refractivity contribution is 8.06. The molecule has 1 fully saturated rings. The molecular weight excluding hydrogens is 274 g/mol. The molecule has 0 bridgehead atoms. The van der Waals surface area contributed by atoms with Crippen LogP contribution in [0.5, 0.6) is 0 Å². The molecule has 0 aromatic carbocycles. The predicted octanol–water partition coefficient (Wildman–Crippen LogP) is 3.01. The zero-order chi connectivity index (χ0) is 12.9. The van der Waals surface area contributed by atoms with Crippen molar-refractivity contribution in [3.63, 3.8) is 0 Å². The van der Waals surface area contributed by atoms with Crippen molar-refractivity contribution >= 4 is 29.3 Å². The van der Waals surface area contributed by atoms with Gasteiger partial charge in [-0.15, -0.1) is 0 Å². The number of nitrogens with one attached hydrogen (secondary N) is 1. The van der Waals surface area contributed by atoms with Gasteiger partial charge < -0.3 is 5.32 Å². The fraction of sp³-hybridized carbons (Fsp3) is 0.714. The maximum atomic E-state index is 4.48. The van der Waals surface area contributed by atoms with Gasteiger partial charge in [0.2, 0.25) is 0 Å². The Balaban J connectivity index is 1.66. The molecule has 3 nitrogen and oxygen atoms in total. The topological polar surface area (TPSA) is 37.8 Å². The number of aromatic nitrogens is 2. The molecule has 1 aliphatic carbocycles.